The quantitative estimate of drug-likeness (QED) is 0.738. The third-order valence-electron chi connectivity index (χ3n) is 3.15. The summed E-state index contributed by atoms with van der Waals surface area (Å²) >= 11 is 0. The van der Waals surface area contributed by atoms with Gasteiger partial charge in [0.2, 0.25) is 5.58 Å². The van der Waals surface area contributed by atoms with Crippen LogP contribution >= 0.6 is 0 Å². The average molecular weight is 286 g/mol. The summed E-state index contributed by atoms with van der Waals surface area (Å²) in [6, 6.07) is 7.05. The number of aryl methyl sites for hydroxylation is 1. The van der Waals surface area contributed by atoms with Crippen molar-refractivity contribution in [2.24, 2.45) is 0 Å². The lowest BCUT2D eigenvalue weighted by Crippen LogP contribution is -2.14. The van der Waals surface area contributed by atoms with Crippen LogP contribution in [-0.2, 0) is 0 Å². The zero-order valence-corrected chi connectivity index (χ0v) is 10.9. The Balaban J connectivity index is 2.23. The van der Waals surface area contributed by atoms with Gasteiger partial charge in [0, 0.05) is 6.07 Å². The predicted molar refractivity (Wildman–Crippen MR) is 74.1 cm³/mol. The van der Waals surface area contributed by atoms with E-state index >= 15 is 0 Å². The molecule has 0 atom stereocenters. The molecule has 2 aromatic heterocycles. The summed E-state index contributed by atoms with van der Waals surface area (Å²) in [5.41, 5.74) is 0.440. The number of fused-ring (bicyclic) bond motifs is 1. The zero-order valence-electron chi connectivity index (χ0n) is 10.9. The van der Waals surface area contributed by atoms with Gasteiger partial charge in [0.1, 0.15) is 5.52 Å². The van der Waals surface area contributed by atoms with E-state index in [0.717, 1.165) is 0 Å². The monoisotopic (exact) mass is 286 g/mol. The van der Waals surface area contributed by atoms with E-state index in [1.807, 2.05) is 0 Å². The van der Waals surface area contributed by atoms with Crippen molar-refractivity contribution in [3.8, 4) is 5.69 Å². The van der Waals surface area contributed by atoms with Crippen molar-refractivity contribution in [1.82, 2.24) is 9.78 Å². The maximum Gasteiger partial charge on any atom is 0.336 e. The fourth-order valence-corrected chi connectivity index (χ4v) is 2.10. The molecule has 0 amide bonds. The number of carboxylic acids is 1. The number of aromatic amines is 1. The second-order valence-electron chi connectivity index (χ2n) is 4.56. The Morgan fingerprint density at radius 3 is 2.52 bits per heavy atom. The number of rotatable bonds is 2. The van der Waals surface area contributed by atoms with Gasteiger partial charge in [-0.25, -0.2) is 14.3 Å². The van der Waals surface area contributed by atoms with E-state index in [1.165, 1.54) is 35.0 Å². The Labute approximate surface area is 117 Å². The smallest absolute Gasteiger partial charge is 0.336 e. The summed E-state index contributed by atoms with van der Waals surface area (Å²) < 4.78 is 6.12. The largest absolute Gasteiger partial charge is 0.478 e. The van der Waals surface area contributed by atoms with Crippen molar-refractivity contribution < 1.29 is 14.3 Å². The van der Waals surface area contributed by atoms with E-state index in [1.54, 1.807) is 6.92 Å². The molecule has 0 radical (unpaired) electrons. The van der Waals surface area contributed by atoms with Gasteiger partial charge in [-0.3, -0.25) is 9.89 Å². The Kier molecular flexibility index (Phi) is 2.76. The third kappa shape index (κ3) is 2.04. The lowest BCUT2D eigenvalue weighted by Gasteiger charge is -2.01. The van der Waals surface area contributed by atoms with Crippen LogP contribution < -0.4 is 11.2 Å². The minimum absolute atomic E-state index is 0.0534. The number of aromatic carboxylic acids is 1. The van der Waals surface area contributed by atoms with E-state index in [0.29, 0.717) is 16.8 Å². The van der Waals surface area contributed by atoms with Crippen LogP contribution in [0.1, 0.15) is 15.9 Å². The van der Waals surface area contributed by atoms with Crippen LogP contribution in [-0.4, -0.2) is 20.9 Å². The molecule has 1 aromatic carbocycles. The van der Waals surface area contributed by atoms with Crippen LogP contribution in [0.4, 0.5) is 0 Å². The SMILES string of the molecule is Cc1cc(=O)oc2c(=O)n(-c3ccc(C(=O)O)cc3)[nH]c12. The molecule has 0 saturated carbocycles. The van der Waals surface area contributed by atoms with Gasteiger partial charge in [0.05, 0.1) is 11.3 Å². The molecule has 3 aromatic rings. The molecule has 0 spiro atoms. The zero-order chi connectivity index (χ0) is 15.1. The number of hydrogen-bond acceptors (Lipinski definition) is 4. The summed E-state index contributed by atoms with van der Waals surface area (Å²) in [6.45, 7) is 1.69. The molecule has 7 nitrogen and oxygen atoms in total. The molecule has 2 heterocycles. The molecule has 106 valence electrons. The Hall–Kier alpha value is -3.09. The first-order chi connectivity index (χ1) is 9.97. The van der Waals surface area contributed by atoms with Crippen molar-refractivity contribution in [2.45, 2.75) is 6.92 Å². The normalized spacial score (nSPS) is 10.9. The molecule has 21 heavy (non-hydrogen) atoms. The number of nitrogens with one attached hydrogen (secondary N) is 1. The van der Waals surface area contributed by atoms with Gasteiger partial charge in [-0.2, -0.15) is 0 Å². The summed E-state index contributed by atoms with van der Waals surface area (Å²) in [5.74, 6) is -1.05. The minimum Gasteiger partial charge on any atom is -0.478 e. The number of benzene rings is 1. The van der Waals surface area contributed by atoms with Gasteiger partial charge < -0.3 is 9.52 Å². The molecule has 0 unspecified atom stereocenters. The maximum atomic E-state index is 12.2. The van der Waals surface area contributed by atoms with Crippen molar-refractivity contribution in [2.75, 3.05) is 0 Å². The fraction of sp³-hybridized carbons (Fsp3) is 0.0714. The molecule has 7 heteroatoms. The molecule has 2 N–H and O–H groups in total. The number of H-pyrrole nitrogens is 1. The van der Waals surface area contributed by atoms with E-state index < -0.39 is 17.2 Å². The van der Waals surface area contributed by atoms with Crippen molar-refractivity contribution >= 4 is 17.1 Å². The summed E-state index contributed by atoms with van der Waals surface area (Å²) in [5, 5.41) is 11.7. The van der Waals surface area contributed by atoms with Gasteiger partial charge >= 0.3 is 17.2 Å². The van der Waals surface area contributed by atoms with Crippen molar-refractivity contribution in [3.63, 3.8) is 0 Å². The van der Waals surface area contributed by atoms with Gasteiger partial charge in [-0.1, -0.05) is 0 Å². The highest BCUT2D eigenvalue weighted by molar-refractivity contribution is 5.87. The highest BCUT2D eigenvalue weighted by Crippen LogP contribution is 2.13. The Morgan fingerprint density at radius 1 is 1.24 bits per heavy atom. The van der Waals surface area contributed by atoms with Crippen LogP contribution in [0, 0.1) is 6.92 Å². The summed E-state index contributed by atoms with van der Waals surface area (Å²) in [6.07, 6.45) is 0. The van der Waals surface area contributed by atoms with Gasteiger partial charge in [0.25, 0.3) is 0 Å². The van der Waals surface area contributed by atoms with Gasteiger partial charge in [-0.15, -0.1) is 0 Å². The molecule has 0 aliphatic rings. The average Bonchev–Trinajstić information content (AvgIpc) is 2.77. The van der Waals surface area contributed by atoms with Crippen LogP contribution in [0.25, 0.3) is 16.8 Å². The molecule has 0 aliphatic carbocycles. The van der Waals surface area contributed by atoms with Gasteiger partial charge in [0.15, 0.2) is 0 Å². The summed E-state index contributed by atoms with van der Waals surface area (Å²) in [7, 11) is 0. The van der Waals surface area contributed by atoms with Crippen LogP contribution in [0.5, 0.6) is 0 Å². The predicted octanol–water partition coefficient (Wildman–Crippen LogP) is 1.28. The topological polar surface area (TPSA) is 105 Å². The van der Waals surface area contributed by atoms with E-state index in [-0.39, 0.29) is 11.1 Å². The van der Waals surface area contributed by atoms with Gasteiger partial charge in [-0.05, 0) is 36.8 Å². The molecule has 0 bridgehead atoms. The van der Waals surface area contributed by atoms with E-state index in [4.69, 9.17) is 9.52 Å². The minimum atomic E-state index is -1.05. The van der Waals surface area contributed by atoms with Crippen LogP contribution in [0.15, 0.2) is 44.3 Å². The number of aromatic nitrogens is 2. The first-order valence-electron chi connectivity index (χ1n) is 6.06. The lowest BCUT2D eigenvalue weighted by molar-refractivity contribution is 0.0697. The first-order valence-corrected chi connectivity index (χ1v) is 6.06. The van der Waals surface area contributed by atoms with Crippen LogP contribution in [0.2, 0.25) is 0 Å². The lowest BCUT2D eigenvalue weighted by atomic mass is 10.2. The van der Waals surface area contributed by atoms with Crippen molar-refractivity contribution in [3.05, 3.63) is 62.2 Å². The maximum absolute atomic E-state index is 12.2. The van der Waals surface area contributed by atoms with Crippen molar-refractivity contribution in [1.29, 1.82) is 0 Å². The highest BCUT2D eigenvalue weighted by Gasteiger charge is 2.13. The second kappa shape index (κ2) is 4.48. The Bertz CT molecular complexity index is 960. The number of carbonyl (C=O) groups is 1. The molecule has 0 aliphatic heterocycles. The summed E-state index contributed by atoms with van der Waals surface area (Å²) in [4.78, 5) is 34.4. The van der Waals surface area contributed by atoms with E-state index in [2.05, 4.69) is 5.10 Å². The van der Waals surface area contributed by atoms with E-state index in [9.17, 15) is 14.4 Å². The number of hydrogen-bond donors (Lipinski definition) is 2. The Morgan fingerprint density at radius 2 is 1.90 bits per heavy atom. The molecule has 0 fully saturated rings. The fourth-order valence-electron chi connectivity index (χ4n) is 2.10. The standard InChI is InChI=1S/C14H10N2O5/c1-7-6-10(17)21-12-11(7)15-16(13(12)18)9-4-2-8(3-5-9)14(19)20/h2-6,15H,1H3,(H,19,20). The van der Waals surface area contributed by atoms with Crippen LogP contribution in [0.3, 0.4) is 0 Å². The number of carboxylic acid groups (broad SMARTS) is 1. The second-order valence-corrected chi connectivity index (χ2v) is 4.56. The third-order valence-corrected chi connectivity index (χ3v) is 3.15. The molecule has 3 rings (SSSR count). The molecule has 0 saturated heterocycles. The highest BCUT2D eigenvalue weighted by atomic mass is 16.4. The number of nitrogens with zero attached hydrogens (tertiary/aromatic N) is 1. The molecular formula is C14H10N2O5. The first kappa shape index (κ1) is 12.9. The molecular weight excluding hydrogens is 276 g/mol.